The fourth-order valence-corrected chi connectivity index (χ4v) is 0.985. The lowest BCUT2D eigenvalue weighted by molar-refractivity contribution is -0.144. The maximum atomic E-state index is 11.8. The summed E-state index contributed by atoms with van der Waals surface area (Å²) in [5.74, 6) is -2.88. The molecular formula is C8H14F2N2O3. The molecule has 0 rings (SSSR count). The maximum absolute atomic E-state index is 11.8. The number of aliphatic carboxylic acids is 1. The van der Waals surface area contributed by atoms with Crippen LogP contribution in [0.15, 0.2) is 0 Å². The van der Waals surface area contributed by atoms with Crippen molar-refractivity contribution in [1.29, 1.82) is 0 Å². The SMILES string of the molecule is NCCCCC(NC(=O)C(F)F)C(=O)O. The van der Waals surface area contributed by atoms with Gasteiger partial charge in [-0.3, -0.25) is 4.79 Å². The van der Waals surface area contributed by atoms with Crippen LogP contribution in [0.1, 0.15) is 19.3 Å². The molecule has 0 aromatic carbocycles. The highest BCUT2D eigenvalue weighted by Gasteiger charge is 2.23. The minimum atomic E-state index is -3.19. The molecule has 0 heterocycles. The van der Waals surface area contributed by atoms with Crippen LogP contribution in [0.4, 0.5) is 8.78 Å². The molecule has 0 saturated carbocycles. The average Bonchev–Trinajstić information content (AvgIpc) is 2.15. The largest absolute Gasteiger partial charge is 0.480 e. The molecule has 0 aliphatic heterocycles. The number of amides is 1. The number of rotatable bonds is 7. The zero-order chi connectivity index (χ0) is 11.8. The van der Waals surface area contributed by atoms with E-state index >= 15 is 0 Å². The van der Waals surface area contributed by atoms with E-state index in [0.29, 0.717) is 19.4 Å². The Morgan fingerprint density at radius 1 is 1.33 bits per heavy atom. The van der Waals surface area contributed by atoms with Crippen molar-refractivity contribution < 1.29 is 23.5 Å². The van der Waals surface area contributed by atoms with Crippen molar-refractivity contribution in [3.8, 4) is 0 Å². The van der Waals surface area contributed by atoms with Crippen LogP contribution in [0.3, 0.4) is 0 Å². The molecule has 0 aromatic rings. The minimum absolute atomic E-state index is 0.102. The van der Waals surface area contributed by atoms with Crippen molar-refractivity contribution in [2.45, 2.75) is 31.7 Å². The van der Waals surface area contributed by atoms with Gasteiger partial charge >= 0.3 is 12.4 Å². The van der Waals surface area contributed by atoms with Crippen LogP contribution in [0, 0.1) is 0 Å². The molecular weight excluding hydrogens is 210 g/mol. The quantitative estimate of drug-likeness (QED) is 0.528. The summed E-state index contributed by atoms with van der Waals surface area (Å²) in [5, 5.41) is 10.4. The topological polar surface area (TPSA) is 92.4 Å². The van der Waals surface area contributed by atoms with Gasteiger partial charge in [0.2, 0.25) is 0 Å². The van der Waals surface area contributed by atoms with E-state index in [-0.39, 0.29) is 6.42 Å². The molecule has 1 atom stereocenters. The molecule has 7 heteroatoms. The summed E-state index contributed by atoms with van der Waals surface area (Å²) in [6, 6.07) is -1.27. The molecule has 0 aromatic heterocycles. The molecule has 0 spiro atoms. The predicted octanol–water partition coefficient (Wildman–Crippen LogP) is -0.0501. The van der Waals surface area contributed by atoms with Crippen LogP contribution >= 0.6 is 0 Å². The van der Waals surface area contributed by atoms with Gasteiger partial charge in [0.1, 0.15) is 6.04 Å². The van der Waals surface area contributed by atoms with Crippen molar-refractivity contribution in [2.24, 2.45) is 5.73 Å². The third-order valence-electron chi connectivity index (χ3n) is 1.76. The van der Waals surface area contributed by atoms with Crippen LogP contribution in [0.5, 0.6) is 0 Å². The van der Waals surface area contributed by atoms with Gasteiger partial charge in [-0.2, -0.15) is 8.78 Å². The second kappa shape index (κ2) is 7.10. The third kappa shape index (κ3) is 5.95. The van der Waals surface area contributed by atoms with Crippen molar-refractivity contribution in [3.05, 3.63) is 0 Å². The first-order valence-electron chi connectivity index (χ1n) is 4.50. The summed E-state index contributed by atoms with van der Waals surface area (Å²) in [4.78, 5) is 21.1. The van der Waals surface area contributed by atoms with Gasteiger partial charge in [-0.1, -0.05) is 0 Å². The number of nitrogens with two attached hydrogens (primary N) is 1. The molecule has 15 heavy (non-hydrogen) atoms. The lowest BCUT2D eigenvalue weighted by Crippen LogP contribution is -2.43. The van der Waals surface area contributed by atoms with Gasteiger partial charge in [-0.25, -0.2) is 4.79 Å². The van der Waals surface area contributed by atoms with E-state index in [9.17, 15) is 18.4 Å². The van der Waals surface area contributed by atoms with Crippen LogP contribution in [0.2, 0.25) is 0 Å². The summed E-state index contributed by atoms with van der Waals surface area (Å²) in [5.41, 5.74) is 5.19. The van der Waals surface area contributed by atoms with Gasteiger partial charge in [-0.05, 0) is 25.8 Å². The van der Waals surface area contributed by atoms with Gasteiger partial charge in [0.15, 0.2) is 0 Å². The summed E-state index contributed by atoms with van der Waals surface area (Å²) in [7, 11) is 0. The fraction of sp³-hybridized carbons (Fsp3) is 0.750. The number of carboxylic acid groups (broad SMARTS) is 1. The molecule has 4 N–H and O–H groups in total. The molecule has 0 aliphatic carbocycles. The first kappa shape index (κ1) is 13.8. The number of unbranched alkanes of at least 4 members (excludes halogenated alkanes) is 1. The molecule has 1 amide bonds. The highest BCUT2D eigenvalue weighted by Crippen LogP contribution is 2.02. The van der Waals surface area contributed by atoms with Gasteiger partial charge in [0.05, 0.1) is 0 Å². The smallest absolute Gasteiger partial charge is 0.326 e. The average molecular weight is 224 g/mol. The summed E-state index contributed by atoms with van der Waals surface area (Å²) in [6.45, 7) is 0.398. The van der Waals surface area contributed by atoms with Crippen LogP contribution in [-0.2, 0) is 9.59 Å². The van der Waals surface area contributed by atoms with E-state index in [1.165, 1.54) is 0 Å². The Labute approximate surface area is 85.6 Å². The summed E-state index contributed by atoms with van der Waals surface area (Å²) in [6.07, 6.45) is -2.03. The molecule has 5 nitrogen and oxygen atoms in total. The van der Waals surface area contributed by atoms with Crippen LogP contribution in [-0.4, -0.2) is 36.0 Å². The molecule has 88 valence electrons. The molecule has 0 fully saturated rings. The highest BCUT2D eigenvalue weighted by molar-refractivity contribution is 5.85. The van der Waals surface area contributed by atoms with Crippen molar-refractivity contribution in [2.75, 3.05) is 6.54 Å². The Balaban J connectivity index is 4.05. The number of carboxylic acids is 1. The maximum Gasteiger partial charge on any atom is 0.326 e. The number of hydrogen-bond acceptors (Lipinski definition) is 3. The van der Waals surface area contributed by atoms with Crippen molar-refractivity contribution in [3.63, 3.8) is 0 Å². The lowest BCUT2D eigenvalue weighted by atomic mass is 10.1. The number of carbonyl (C=O) groups is 2. The van der Waals surface area contributed by atoms with E-state index in [1.807, 2.05) is 0 Å². The Kier molecular flexibility index (Phi) is 6.52. The zero-order valence-electron chi connectivity index (χ0n) is 8.08. The molecule has 0 aliphatic rings. The van der Waals surface area contributed by atoms with E-state index in [0.717, 1.165) is 0 Å². The monoisotopic (exact) mass is 224 g/mol. The van der Waals surface area contributed by atoms with E-state index < -0.39 is 24.3 Å². The van der Waals surface area contributed by atoms with Gasteiger partial charge in [0, 0.05) is 0 Å². The first-order chi connectivity index (χ1) is 6.99. The number of hydrogen-bond donors (Lipinski definition) is 3. The van der Waals surface area contributed by atoms with Crippen molar-refractivity contribution in [1.82, 2.24) is 5.32 Å². The predicted molar refractivity (Wildman–Crippen MR) is 48.5 cm³/mol. The molecule has 0 saturated heterocycles. The van der Waals surface area contributed by atoms with E-state index in [1.54, 1.807) is 5.32 Å². The molecule has 1 unspecified atom stereocenters. The van der Waals surface area contributed by atoms with Crippen molar-refractivity contribution >= 4 is 11.9 Å². The van der Waals surface area contributed by atoms with Gasteiger partial charge in [0.25, 0.3) is 5.91 Å². The van der Waals surface area contributed by atoms with E-state index in [4.69, 9.17) is 10.8 Å². The number of carbonyl (C=O) groups excluding carboxylic acids is 1. The highest BCUT2D eigenvalue weighted by atomic mass is 19.3. The summed E-state index contributed by atoms with van der Waals surface area (Å²) >= 11 is 0. The lowest BCUT2D eigenvalue weighted by Gasteiger charge is -2.13. The zero-order valence-corrected chi connectivity index (χ0v) is 8.08. The first-order valence-corrected chi connectivity index (χ1v) is 4.50. The standard InChI is InChI=1S/C8H14F2N2O3/c9-6(10)7(13)12-5(8(14)15)3-1-2-4-11/h5-6H,1-4,11H2,(H,12,13)(H,14,15). The van der Waals surface area contributed by atoms with Gasteiger partial charge in [-0.15, -0.1) is 0 Å². The summed E-state index contributed by atoms with van der Waals surface area (Å²) < 4.78 is 23.6. The Hall–Kier alpha value is -1.24. The van der Waals surface area contributed by atoms with Crippen LogP contribution < -0.4 is 11.1 Å². The molecule has 0 radical (unpaired) electrons. The number of alkyl halides is 2. The Morgan fingerprint density at radius 2 is 1.93 bits per heavy atom. The third-order valence-corrected chi connectivity index (χ3v) is 1.76. The second-order valence-electron chi connectivity index (χ2n) is 2.98. The fourth-order valence-electron chi connectivity index (χ4n) is 0.985. The Morgan fingerprint density at radius 3 is 2.33 bits per heavy atom. The number of halogens is 2. The van der Waals surface area contributed by atoms with E-state index in [2.05, 4.69) is 0 Å². The normalized spacial score (nSPS) is 12.5. The molecule has 0 bridgehead atoms. The minimum Gasteiger partial charge on any atom is -0.480 e. The van der Waals surface area contributed by atoms with Crippen LogP contribution in [0.25, 0.3) is 0 Å². The Bertz CT molecular complexity index is 224. The number of nitrogens with one attached hydrogen (secondary N) is 1. The van der Waals surface area contributed by atoms with Gasteiger partial charge < -0.3 is 16.2 Å². The second-order valence-corrected chi connectivity index (χ2v) is 2.98.